The van der Waals surface area contributed by atoms with Gasteiger partial charge in [0.05, 0.1) is 5.56 Å². The molecule has 1 saturated heterocycles. The molecule has 1 aliphatic heterocycles. The van der Waals surface area contributed by atoms with Crippen LogP contribution < -0.4 is 5.32 Å². The van der Waals surface area contributed by atoms with Gasteiger partial charge in [0.2, 0.25) is 5.91 Å². The number of hydrogen-bond acceptors (Lipinski definition) is 2. The average Bonchev–Trinajstić information content (AvgIpc) is 3.39. The van der Waals surface area contributed by atoms with E-state index in [9.17, 15) is 18.0 Å². The molecular formula is C19H25F3N2O. The van der Waals surface area contributed by atoms with E-state index in [-0.39, 0.29) is 23.3 Å². The number of benzene rings is 1. The summed E-state index contributed by atoms with van der Waals surface area (Å²) in [5, 5.41) is 2.90. The van der Waals surface area contributed by atoms with Crippen LogP contribution in [0.25, 0.3) is 0 Å². The monoisotopic (exact) mass is 354 g/mol. The van der Waals surface area contributed by atoms with Crippen molar-refractivity contribution in [2.24, 2.45) is 5.92 Å². The SMILES string of the molecule is O=C(NCCCN1CCCCC1)C1CC1c1ccccc1C(F)(F)F. The van der Waals surface area contributed by atoms with Crippen LogP contribution in [0.15, 0.2) is 24.3 Å². The maximum absolute atomic E-state index is 13.1. The summed E-state index contributed by atoms with van der Waals surface area (Å²) in [5.74, 6) is -0.737. The van der Waals surface area contributed by atoms with Crippen LogP contribution in [-0.4, -0.2) is 37.0 Å². The second-order valence-corrected chi connectivity index (χ2v) is 7.08. The van der Waals surface area contributed by atoms with E-state index in [0.717, 1.165) is 32.1 Å². The Kier molecular flexibility index (Phi) is 5.67. The van der Waals surface area contributed by atoms with E-state index in [1.807, 2.05) is 0 Å². The summed E-state index contributed by atoms with van der Waals surface area (Å²) in [6, 6.07) is 5.60. The Hall–Kier alpha value is -1.56. The highest BCUT2D eigenvalue weighted by molar-refractivity contribution is 5.83. The van der Waals surface area contributed by atoms with Gasteiger partial charge in [-0.3, -0.25) is 4.79 Å². The molecular weight excluding hydrogens is 329 g/mol. The summed E-state index contributed by atoms with van der Waals surface area (Å²) in [6.07, 6.45) is 0.821. The zero-order valence-electron chi connectivity index (χ0n) is 14.3. The zero-order chi connectivity index (χ0) is 17.9. The topological polar surface area (TPSA) is 32.3 Å². The van der Waals surface area contributed by atoms with Crippen LogP contribution in [0.5, 0.6) is 0 Å². The van der Waals surface area contributed by atoms with Crippen LogP contribution in [0.4, 0.5) is 13.2 Å². The van der Waals surface area contributed by atoms with Gasteiger partial charge in [-0.15, -0.1) is 0 Å². The Morgan fingerprint density at radius 1 is 1.16 bits per heavy atom. The molecule has 3 rings (SSSR count). The minimum absolute atomic E-state index is 0.111. The third-order valence-corrected chi connectivity index (χ3v) is 5.19. The lowest BCUT2D eigenvalue weighted by molar-refractivity contribution is -0.138. The number of hydrogen-bond donors (Lipinski definition) is 1. The number of carbonyl (C=O) groups excluding carboxylic acids is 1. The number of carbonyl (C=O) groups is 1. The fraction of sp³-hybridized carbons (Fsp3) is 0.632. The fourth-order valence-electron chi connectivity index (χ4n) is 3.74. The normalized spacial score (nSPS) is 24.1. The molecule has 1 N–H and O–H groups in total. The second kappa shape index (κ2) is 7.77. The van der Waals surface area contributed by atoms with Crippen LogP contribution in [-0.2, 0) is 11.0 Å². The van der Waals surface area contributed by atoms with Crippen molar-refractivity contribution in [3.8, 4) is 0 Å². The molecule has 2 atom stereocenters. The molecule has 2 fully saturated rings. The number of piperidine rings is 1. The largest absolute Gasteiger partial charge is 0.416 e. The lowest BCUT2D eigenvalue weighted by Gasteiger charge is -2.26. The minimum atomic E-state index is -4.37. The lowest BCUT2D eigenvalue weighted by atomic mass is 10.0. The van der Waals surface area contributed by atoms with E-state index in [0.29, 0.717) is 13.0 Å². The van der Waals surface area contributed by atoms with E-state index < -0.39 is 11.7 Å². The lowest BCUT2D eigenvalue weighted by Crippen LogP contribution is -2.33. The zero-order valence-corrected chi connectivity index (χ0v) is 14.3. The molecule has 25 heavy (non-hydrogen) atoms. The number of likely N-dealkylation sites (tertiary alicyclic amines) is 1. The Balaban J connectivity index is 1.45. The van der Waals surface area contributed by atoms with Gasteiger partial charge < -0.3 is 10.2 Å². The number of nitrogens with one attached hydrogen (secondary N) is 1. The van der Waals surface area contributed by atoms with Gasteiger partial charge in [0, 0.05) is 12.5 Å². The first-order chi connectivity index (χ1) is 12.0. The van der Waals surface area contributed by atoms with Gasteiger partial charge in [-0.2, -0.15) is 13.2 Å². The number of alkyl halides is 3. The molecule has 0 bridgehead atoms. The highest BCUT2D eigenvalue weighted by Crippen LogP contribution is 2.50. The fourth-order valence-corrected chi connectivity index (χ4v) is 3.74. The molecule has 1 aliphatic carbocycles. The first-order valence-corrected chi connectivity index (χ1v) is 9.13. The Morgan fingerprint density at radius 2 is 1.88 bits per heavy atom. The van der Waals surface area contributed by atoms with Crippen LogP contribution in [0.3, 0.4) is 0 Å². The highest BCUT2D eigenvalue weighted by atomic mass is 19.4. The van der Waals surface area contributed by atoms with Gasteiger partial charge in [0.15, 0.2) is 0 Å². The molecule has 1 heterocycles. The molecule has 0 spiro atoms. The highest BCUT2D eigenvalue weighted by Gasteiger charge is 2.47. The first-order valence-electron chi connectivity index (χ1n) is 9.13. The summed E-state index contributed by atoms with van der Waals surface area (Å²) < 4.78 is 39.3. The van der Waals surface area contributed by atoms with Crippen LogP contribution in [0.1, 0.15) is 49.1 Å². The van der Waals surface area contributed by atoms with Crippen molar-refractivity contribution < 1.29 is 18.0 Å². The van der Waals surface area contributed by atoms with E-state index in [1.165, 1.54) is 31.4 Å². The predicted molar refractivity (Wildman–Crippen MR) is 90.2 cm³/mol. The summed E-state index contributed by atoms with van der Waals surface area (Å²) in [5.41, 5.74) is -0.358. The van der Waals surface area contributed by atoms with Gasteiger partial charge in [-0.1, -0.05) is 24.6 Å². The van der Waals surface area contributed by atoms with Gasteiger partial charge >= 0.3 is 6.18 Å². The third kappa shape index (κ3) is 4.75. The Labute approximate surface area is 146 Å². The molecule has 2 aliphatic rings. The molecule has 1 aromatic rings. The quantitative estimate of drug-likeness (QED) is 0.788. The summed E-state index contributed by atoms with van der Waals surface area (Å²) in [6.45, 7) is 3.84. The maximum Gasteiger partial charge on any atom is 0.416 e. The van der Waals surface area contributed by atoms with E-state index in [1.54, 1.807) is 6.07 Å². The number of amides is 1. The Morgan fingerprint density at radius 3 is 2.60 bits per heavy atom. The maximum atomic E-state index is 13.1. The number of halogens is 3. The average molecular weight is 354 g/mol. The predicted octanol–water partition coefficient (Wildman–Crippen LogP) is 3.80. The standard InChI is InChI=1S/C19H25F3N2O/c20-19(21,22)17-8-3-2-7-14(17)15-13-16(15)18(25)23-9-6-12-24-10-4-1-5-11-24/h2-3,7-8,15-16H,1,4-6,9-13H2,(H,23,25). The van der Waals surface area contributed by atoms with Crippen LogP contribution in [0.2, 0.25) is 0 Å². The van der Waals surface area contributed by atoms with Crippen LogP contribution >= 0.6 is 0 Å². The molecule has 0 aromatic heterocycles. The van der Waals surface area contributed by atoms with E-state index >= 15 is 0 Å². The molecule has 1 aromatic carbocycles. The smallest absolute Gasteiger partial charge is 0.356 e. The molecule has 6 heteroatoms. The third-order valence-electron chi connectivity index (χ3n) is 5.19. The molecule has 3 nitrogen and oxygen atoms in total. The molecule has 0 radical (unpaired) electrons. The first kappa shape index (κ1) is 18.2. The molecule has 1 saturated carbocycles. The summed E-state index contributed by atoms with van der Waals surface area (Å²) in [4.78, 5) is 14.6. The van der Waals surface area contributed by atoms with Gasteiger partial charge in [0.25, 0.3) is 0 Å². The van der Waals surface area contributed by atoms with Gasteiger partial charge in [-0.25, -0.2) is 0 Å². The minimum Gasteiger partial charge on any atom is -0.356 e. The summed E-state index contributed by atoms with van der Waals surface area (Å²) >= 11 is 0. The van der Waals surface area contributed by atoms with Gasteiger partial charge in [-0.05, 0) is 62.9 Å². The molecule has 138 valence electrons. The summed E-state index contributed by atoms with van der Waals surface area (Å²) in [7, 11) is 0. The van der Waals surface area contributed by atoms with E-state index in [4.69, 9.17) is 0 Å². The number of nitrogens with zero attached hydrogens (tertiary/aromatic N) is 1. The second-order valence-electron chi connectivity index (χ2n) is 7.08. The van der Waals surface area contributed by atoms with E-state index in [2.05, 4.69) is 10.2 Å². The van der Waals surface area contributed by atoms with Crippen molar-refractivity contribution in [3.63, 3.8) is 0 Å². The van der Waals surface area contributed by atoms with Crippen molar-refractivity contribution >= 4 is 5.91 Å². The van der Waals surface area contributed by atoms with Crippen molar-refractivity contribution in [3.05, 3.63) is 35.4 Å². The number of rotatable bonds is 6. The Bertz CT molecular complexity index is 597. The van der Waals surface area contributed by atoms with Gasteiger partial charge in [0.1, 0.15) is 0 Å². The van der Waals surface area contributed by atoms with Crippen molar-refractivity contribution in [1.29, 1.82) is 0 Å². The van der Waals surface area contributed by atoms with Crippen LogP contribution in [0, 0.1) is 5.92 Å². The molecule has 2 unspecified atom stereocenters. The van der Waals surface area contributed by atoms with Crippen molar-refractivity contribution in [1.82, 2.24) is 10.2 Å². The molecule has 1 amide bonds. The van der Waals surface area contributed by atoms with Crippen molar-refractivity contribution in [2.45, 2.75) is 44.2 Å². The van der Waals surface area contributed by atoms with Crippen molar-refractivity contribution in [2.75, 3.05) is 26.2 Å².